The lowest BCUT2D eigenvalue weighted by atomic mass is 10.1. The van der Waals surface area contributed by atoms with Crippen LogP contribution in [-0.4, -0.2) is 45.5 Å². The molecule has 0 aliphatic rings. The number of hydrogen-bond donors (Lipinski definition) is 2. The Kier molecular flexibility index (Phi) is 8.57. The summed E-state index contributed by atoms with van der Waals surface area (Å²) in [5, 5.41) is 6.43. The topological polar surface area (TPSA) is 79.3 Å². The maximum atomic E-state index is 13.1. The molecule has 3 aromatic rings. The van der Waals surface area contributed by atoms with E-state index in [2.05, 4.69) is 23.6 Å². The molecule has 0 aliphatic carbocycles. The zero-order valence-electron chi connectivity index (χ0n) is 21.2. The smallest absolute Gasteiger partial charge is 0.318 e. The summed E-state index contributed by atoms with van der Waals surface area (Å²) in [5.41, 5.74) is 4.78. The van der Waals surface area contributed by atoms with Crippen LogP contribution in [0.1, 0.15) is 38.8 Å². The lowest BCUT2D eigenvalue weighted by molar-refractivity contribution is -0.116. The van der Waals surface area contributed by atoms with Crippen molar-refractivity contribution in [3.05, 3.63) is 64.8 Å². The summed E-state index contributed by atoms with van der Waals surface area (Å²) >= 11 is 6.05. The maximum Gasteiger partial charge on any atom is 0.318 e. The molecule has 7 nitrogen and oxygen atoms in total. The first-order chi connectivity index (χ1) is 16.5. The molecule has 0 saturated heterocycles. The number of aryl methyl sites for hydroxylation is 2. The van der Waals surface area contributed by atoms with Crippen LogP contribution in [0.25, 0.3) is 16.9 Å². The third-order valence-electron chi connectivity index (χ3n) is 5.49. The number of nitrogens with one attached hydrogen (secondary N) is 2. The molecular formula is C27H34ClN5O2. The number of amides is 3. The average Bonchev–Trinajstić information content (AvgIpc) is 3.18. The van der Waals surface area contributed by atoms with Gasteiger partial charge < -0.3 is 10.2 Å². The number of imidazole rings is 1. The molecule has 186 valence electrons. The van der Waals surface area contributed by atoms with Crippen LogP contribution in [0.2, 0.25) is 5.02 Å². The van der Waals surface area contributed by atoms with Gasteiger partial charge in [-0.3, -0.25) is 14.7 Å². The predicted octanol–water partition coefficient (Wildman–Crippen LogP) is 5.82. The molecule has 0 spiro atoms. The zero-order chi connectivity index (χ0) is 25.7. The Morgan fingerprint density at radius 2 is 1.71 bits per heavy atom. The fourth-order valence-electron chi connectivity index (χ4n) is 3.64. The van der Waals surface area contributed by atoms with E-state index in [1.165, 1.54) is 10.5 Å². The quantitative estimate of drug-likeness (QED) is 0.413. The minimum atomic E-state index is -0.317. The van der Waals surface area contributed by atoms with Crippen molar-refractivity contribution >= 4 is 29.5 Å². The molecule has 0 fully saturated rings. The number of rotatable bonds is 8. The number of hydrogen-bond acceptors (Lipinski definition) is 3. The number of benzene rings is 2. The van der Waals surface area contributed by atoms with E-state index in [0.29, 0.717) is 23.2 Å². The van der Waals surface area contributed by atoms with E-state index >= 15 is 0 Å². The van der Waals surface area contributed by atoms with Crippen LogP contribution < -0.4 is 10.6 Å². The number of carbonyl (C=O) groups excluding carboxylic acids is 2. The van der Waals surface area contributed by atoms with E-state index in [9.17, 15) is 9.59 Å². The number of nitrogens with zero attached hydrogens (tertiary/aromatic N) is 3. The molecule has 0 unspecified atom stereocenters. The highest BCUT2D eigenvalue weighted by Crippen LogP contribution is 2.26. The summed E-state index contributed by atoms with van der Waals surface area (Å²) in [6.45, 7) is 12.3. The standard InChI is InChI=1S/C27H34ClN5O2/c1-17(2)14-32(27(35)29-18(3)4)16-25(34)31-26-30-24(21-8-10-22(28)11-9-21)15-33(26)23-12-7-19(5)20(6)13-23/h7-13,15,17-18H,14,16H2,1-6H3,(H,29,35)(H,30,31,34). The summed E-state index contributed by atoms with van der Waals surface area (Å²) in [4.78, 5) is 32.0. The van der Waals surface area contributed by atoms with Crippen molar-refractivity contribution < 1.29 is 9.59 Å². The Balaban J connectivity index is 1.92. The first-order valence-electron chi connectivity index (χ1n) is 11.8. The molecule has 3 amide bonds. The van der Waals surface area contributed by atoms with Crippen molar-refractivity contribution in [3.8, 4) is 16.9 Å². The molecule has 8 heteroatoms. The van der Waals surface area contributed by atoms with Gasteiger partial charge in [0.2, 0.25) is 11.9 Å². The second kappa shape index (κ2) is 11.4. The average molecular weight is 496 g/mol. The number of urea groups is 1. The Morgan fingerprint density at radius 1 is 1.03 bits per heavy atom. The van der Waals surface area contributed by atoms with E-state index in [4.69, 9.17) is 16.6 Å². The zero-order valence-corrected chi connectivity index (χ0v) is 22.0. The fraction of sp³-hybridized carbons (Fsp3) is 0.370. The van der Waals surface area contributed by atoms with Crippen molar-refractivity contribution in [2.75, 3.05) is 18.4 Å². The minimum absolute atomic E-state index is 0.0224. The molecule has 2 aromatic carbocycles. The van der Waals surface area contributed by atoms with E-state index < -0.39 is 0 Å². The SMILES string of the molecule is Cc1ccc(-n2cc(-c3ccc(Cl)cc3)nc2NC(=O)CN(CC(C)C)C(=O)NC(C)C)cc1C. The molecule has 0 radical (unpaired) electrons. The first-order valence-corrected chi connectivity index (χ1v) is 12.2. The molecule has 2 N–H and O–H groups in total. The van der Waals surface area contributed by atoms with Crippen LogP contribution >= 0.6 is 11.6 Å². The second-order valence-corrected chi connectivity index (χ2v) is 9.96. The molecule has 0 aliphatic heterocycles. The lowest BCUT2D eigenvalue weighted by Crippen LogP contribution is -2.47. The van der Waals surface area contributed by atoms with Gasteiger partial charge in [0.05, 0.1) is 5.69 Å². The van der Waals surface area contributed by atoms with Gasteiger partial charge in [0.25, 0.3) is 0 Å². The summed E-state index contributed by atoms with van der Waals surface area (Å²) in [6.07, 6.45) is 1.89. The van der Waals surface area contributed by atoms with Crippen LogP contribution in [0.3, 0.4) is 0 Å². The van der Waals surface area contributed by atoms with E-state index in [0.717, 1.165) is 16.8 Å². The third-order valence-corrected chi connectivity index (χ3v) is 5.74. The van der Waals surface area contributed by atoms with Gasteiger partial charge in [0.1, 0.15) is 6.54 Å². The van der Waals surface area contributed by atoms with Gasteiger partial charge in [-0.25, -0.2) is 9.78 Å². The molecule has 0 atom stereocenters. The van der Waals surface area contributed by atoms with Crippen molar-refractivity contribution in [2.45, 2.75) is 47.6 Å². The fourth-order valence-corrected chi connectivity index (χ4v) is 3.76. The molecule has 1 heterocycles. The highest BCUT2D eigenvalue weighted by molar-refractivity contribution is 6.30. The van der Waals surface area contributed by atoms with Crippen molar-refractivity contribution in [1.82, 2.24) is 19.8 Å². The summed E-state index contributed by atoms with van der Waals surface area (Å²) in [7, 11) is 0. The van der Waals surface area contributed by atoms with Crippen LogP contribution in [0, 0.1) is 19.8 Å². The van der Waals surface area contributed by atoms with Gasteiger partial charge in [-0.2, -0.15) is 0 Å². The normalized spacial score (nSPS) is 11.1. The Hall–Kier alpha value is -3.32. The van der Waals surface area contributed by atoms with E-state index in [-0.39, 0.29) is 30.4 Å². The van der Waals surface area contributed by atoms with Crippen LogP contribution in [0.15, 0.2) is 48.7 Å². The minimum Gasteiger partial charge on any atom is -0.336 e. The highest BCUT2D eigenvalue weighted by Gasteiger charge is 2.21. The molecular weight excluding hydrogens is 462 g/mol. The van der Waals surface area contributed by atoms with Gasteiger partial charge in [0, 0.05) is 35.1 Å². The monoisotopic (exact) mass is 495 g/mol. The highest BCUT2D eigenvalue weighted by atomic mass is 35.5. The maximum absolute atomic E-state index is 13.1. The Morgan fingerprint density at radius 3 is 2.31 bits per heavy atom. The van der Waals surface area contributed by atoms with Crippen LogP contribution in [0.5, 0.6) is 0 Å². The van der Waals surface area contributed by atoms with Crippen molar-refractivity contribution in [1.29, 1.82) is 0 Å². The second-order valence-electron chi connectivity index (χ2n) is 9.52. The number of aromatic nitrogens is 2. The van der Waals surface area contributed by atoms with Gasteiger partial charge in [0.15, 0.2) is 0 Å². The molecule has 0 saturated carbocycles. The van der Waals surface area contributed by atoms with Gasteiger partial charge in [-0.15, -0.1) is 0 Å². The van der Waals surface area contributed by atoms with Gasteiger partial charge in [-0.1, -0.05) is 43.6 Å². The largest absolute Gasteiger partial charge is 0.336 e. The predicted molar refractivity (Wildman–Crippen MR) is 142 cm³/mol. The van der Waals surface area contributed by atoms with Crippen molar-refractivity contribution in [2.24, 2.45) is 5.92 Å². The summed E-state index contributed by atoms with van der Waals surface area (Å²) in [6, 6.07) is 13.2. The van der Waals surface area contributed by atoms with Crippen molar-refractivity contribution in [3.63, 3.8) is 0 Å². The van der Waals surface area contributed by atoms with Gasteiger partial charge >= 0.3 is 6.03 Å². The van der Waals surface area contributed by atoms with E-state index in [1.807, 2.05) is 69.6 Å². The molecule has 1 aromatic heterocycles. The van der Waals surface area contributed by atoms with Gasteiger partial charge in [-0.05, 0) is 69.0 Å². The Bertz CT molecular complexity index is 1180. The molecule has 3 rings (SSSR count). The molecule has 35 heavy (non-hydrogen) atoms. The summed E-state index contributed by atoms with van der Waals surface area (Å²) < 4.78 is 1.86. The van der Waals surface area contributed by atoms with E-state index in [1.54, 1.807) is 12.1 Å². The number of anilines is 1. The van der Waals surface area contributed by atoms with Crippen LogP contribution in [0.4, 0.5) is 10.7 Å². The Labute approximate surface area is 212 Å². The number of carbonyl (C=O) groups is 2. The first kappa shape index (κ1) is 26.3. The third kappa shape index (κ3) is 7.09. The lowest BCUT2D eigenvalue weighted by Gasteiger charge is -2.25. The summed E-state index contributed by atoms with van der Waals surface area (Å²) in [5.74, 6) is 0.287. The molecule has 0 bridgehead atoms. The number of halogens is 1. The van der Waals surface area contributed by atoms with Crippen LogP contribution in [-0.2, 0) is 4.79 Å².